The molecule has 1 N–H and O–H groups in total. The van der Waals surface area contributed by atoms with Gasteiger partial charge in [0.25, 0.3) is 0 Å². The second-order valence-electron chi connectivity index (χ2n) is 3.83. The van der Waals surface area contributed by atoms with Crippen molar-refractivity contribution in [2.75, 3.05) is 0 Å². The third-order valence-corrected chi connectivity index (χ3v) is 2.74. The number of aromatic nitrogens is 3. The van der Waals surface area contributed by atoms with Crippen molar-refractivity contribution in [1.82, 2.24) is 15.0 Å². The number of hydrogen-bond donors (Lipinski definition) is 1. The third kappa shape index (κ3) is 2.31. The molecule has 0 saturated carbocycles. The number of pyridine rings is 1. The molecule has 0 aliphatic carbocycles. The molecule has 0 amide bonds. The van der Waals surface area contributed by atoms with Gasteiger partial charge in [-0.1, -0.05) is 13.0 Å². The Morgan fingerprint density at radius 2 is 2.06 bits per heavy atom. The number of nitrogens with zero attached hydrogens (tertiary/aromatic N) is 3. The summed E-state index contributed by atoms with van der Waals surface area (Å²) in [7, 11) is 0. The summed E-state index contributed by atoms with van der Waals surface area (Å²) < 4.78 is 0. The van der Waals surface area contributed by atoms with E-state index in [2.05, 4.69) is 21.9 Å². The summed E-state index contributed by atoms with van der Waals surface area (Å²) in [5.74, 6) is 0.622. The van der Waals surface area contributed by atoms with Gasteiger partial charge in [-0.05, 0) is 25.0 Å². The zero-order valence-electron chi connectivity index (χ0n) is 10.0. The van der Waals surface area contributed by atoms with Crippen LogP contribution in [0.4, 0.5) is 0 Å². The molecule has 0 saturated heterocycles. The minimum atomic E-state index is -0.0328. The molecule has 17 heavy (non-hydrogen) atoms. The largest absolute Gasteiger partial charge is 0.392 e. The quantitative estimate of drug-likeness (QED) is 0.873. The molecule has 2 aromatic heterocycles. The maximum absolute atomic E-state index is 9.09. The molecule has 0 atom stereocenters. The van der Waals surface area contributed by atoms with Crippen molar-refractivity contribution in [3.63, 3.8) is 0 Å². The molecule has 0 aliphatic rings. The van der Waals surface area contributed by atoms with E-state index >= 15 is 0 Å². The lowest BCUT2D eigenvalue weighted by molar-refractivity contribution is 0.280. The van der Waals surface area contributed by atoms with Gasteiger partial charge >= 0.3 is 0 Å². The molecule has 0 fully saturated rings. The van der Waals surface area contributed by atoms with Crippen molar-refractivity contribution >= 4 is 0 Å². The zero-order valence-corrected chi connectivity index (χ0v) is 10.0. The number of aliphatic hydroxyl groups is 1. The molecule has 4 heteroatoms. The van der Waals surface area contributed by atoms with Crippen LogP contribution >= 0.6 is 0 Å². The van der Waals surface area contributed by atoms with Gasteiger partial charge in [0.2, 0.25) is 0 Å². The van der Waals surface area contributed by atoms with E-state index in [-0.39, 0.29) is 6.61 Å². The Bertz CT molecular complexity index is 526. The third-order valence-electron chi connectivity index (χ3n) is 2.74. The second kappa shape index (κ2) is 5.01. The standard InChI is InChI=1S/C13H15N3O/c1-3-10-5-4-6-14-12(10)13-15-7-11(8-17)9(2)16-13/h4-7,17H,3,8H2,1-2H3. The second-order valence-corrected chi connectivity index (χ2v) is 3.83. The van der Waals surface area contributed by atoms with Crippen LogP contribution in [0.2, 0.25) is 0 Å². The number of rotatable bonds is 3. The predicted octanol–water partition coefficient (Wildman–Crippen LogP) is 1.90. The van der Waals surface area contributed by atoms with Gasteiger partial charge in [0.1, 0.15) is 5.69 Å². The fourth-order valence-corrected chi connectivity index (χ4v) is 1.69. The molecule has 0 unspecified atom stereocenters. The highest BCUT2D eigenvalue weighted by molar-refractivity contribution is 5.54. The van der Waals surface area contributed by atoms with Crippen LogP contribution in [-0.2, 0) is 13.0 Å². The van der Waals surface area contributed by atoms with Crippen LogP contribution in [0, 0.1) is 6.92 Å². The maximum atomic E-state index is 9.09. The summed E-state index contributed by atoms with van der Waals surface area (Å²) in [5, 5.41) is 9.09. The van der Waals surface area contributed by atoms with Crippen LogP contribution in [-0.4, -0.2) is 20.1 Å². The van der Waals surface area contributed by atoms with E-state index < -0.39 is 0 Å². The Balaban J connectivity index is 2.49. The van der Waals surface area contributed by atoms with E-state index in [0.29, 0.717) is 5.82 Å². The fourth-order valence-electron chi connectivity index (χ4n) is 1.69. The van der Waals surface area contributed by atoms with Crippen molar-refractivity contribution in [3.05, 3.63) is 41.3 Å². The summed E-state index contributed by atoms with van der Waals surface area (Å²) >= 11 is 0. The summed E-state index contributed by atoms with van der Waals surface area (Å²) in [4.78, 5) is 13.0. The van der Waals surface area contributed by atoms with E-state index in [1.54, 1.807) is 12.4 Å². The Morgan fingerprint density at radius 3 is 2.71 bits per heavy atom. The van der Waals surface area contributed by atoms with Gasteiger partial charge in [-0.3, -0.25) is 4.98 Å². The summed E-state index contributed by atoms with van der Waals surface area (Å²) in [6.45, 7) is 3.91. The average Bonchev–Trinajstić information content (AvgIpc) is 2.38. The highest BCUT2D eigenvalue weighted by Crippen LogP contribution is 2.18. The first-order valence-electron chi connectivity index (χ1n) is 5.64. The summed E-state index contributed by atoms with van der Waals surface area (Å²) in [6, 6.07) is 3.94. The number of aliphatic hydroxyl groups excluding tert-OH is 1. The molecule has 0 aromatic carbocycles. The first-order valence-corrected chi connectivity index (χ1v) is 5.64. The lowest BCUT2D eigenvalue weighted by Crippen LogP contribution is -2.01. The van der Waals surface area contributed by atoms with Crippen molar-refractivity contribution in [2.24, 2.45) is 0 Å². The van der Waals surface area contributed by atoms with Crippen LogP contribution in [0.5, 0.6) is 0 Å². The molecule has 0 spiro atoms. The smallest absolute Gasteiger partial charge is 0.178 e. The minimum Gasteiger partial charge on any atom is -0.392 e. The molecule has 2 heterocycles. The SMILES string of the molecule is CCc1cccnc1-c1ncc(CO)c(C)n1. The minimum absolute atomic E-state index is 0.0328. The van der Waals surface area contributed by atoms with E-state index in [1.165, 1.54) is 0 Å². The van der Waals surface area contributed by atoms with Crippen molar-refractivity contribution in [3.8, 4) is 11.5 Å². The molecular weight excluding hydrogens is 214 g/mol. The van der Waals surface area contributed by atoms with Crippen molar-refractivity contribution in [1.29, 1.82) is 0 Å². The Morgan fingerprint density at radius 1 is 1.24 bits per heavy atom. The van der Waals surface area contributed by atoms with Gasteiger partial charge in [0.05, 0.1) is 6.61 Å². The van der Waals surface area contributed by atoms with Gasteiger partial charge in [0, 0.05) is 23.7 Å². The molecule has 88 valence electrons. The number of hydrogen-bond acceptors (Lipinski definition) is 4. The van der Waals surface area contributed by atoms with Gasteiger partial charge in [-0.15, -0.1) is 0 Å². The van der Waals surface area contributed by atoms with Gasteiger partial charge in [-0.25, -0.2) is 9.97 Å². The average molecular weight is 229 g/mol. The normalized spacial score (nSPS) is 10.5. The first-order chi connectivity index (χ1) is 8.26. The summed E-state index contributed by atoms with van der Waals surface area (Å²) in [5.41, 5.74) is 3.50. The van der Waals surface area contributed by atoms with Crippen LogP contribution < -0.4 is 0 Å². The van der Waals surface area contributed by atoms with E-state index in [0.717, 1.165) is 28.9 Å². The van der Waals surface area contributed by atoms with Gasteiger partial charge in [0.15, 0.2) is 5.82 Å². The monoisotopic (exact) mass is 229 g/mol. The Hall–Kier alpha value is -1.81. The molecule has 0 aliphatic heterocycles. The fraction of sp³-hybridized carbons (Fsp3) is 0.308. The van der Waals surface area contributed by atoms with E-state index in [9.17, 15) is 0 Å². The van der Waals surface area contributed by atoms with E-state index in [1.807, 2.05) is 19.1 Å². The van der Waals surface area contributed by atoms with Crippen LogP contribution in [0.3, 0.4) is 0 Å². The molecule has 0 radical (unpaired) electrons. The first kappa shape index (κ1) is 11.7. The molecule has 2 aromatic rings. The van der Waals surface area contributed by atoms with Crippen molar-refractivity contribution < 1.29 is 5.11 Å². The highest BCUT2D eigenvalue weighted by atomic mass is 16.3. The highest BCUT2D eigenvalue weighted by Gasteiger charge is 2.09. The van der Waals surface area contributed by atoms with Crippen LogP contribution in [0.15, 0.2) is 24.5 Å². The van der Waals surface area contributed by atoms with Crippen molar-refractivity contribution in [2.45, 2.75) is 26.9 Å². The predicted molar refractivity (Wildman–Crippen MR) is 65.3 cm³/mol. The van der Waals surface area contributed by atoms with E-state index in [4.69, 9.17) is 5.11 Å². The van der Waals surface area contributed by atoms with Crippen LogP contribution in [0.25, 0.3) is 11.5 Å². The number of aryl methyl sites for hydroxylation is 2. The van der Waals surface area contributed by atoms with Crippen LogP contribution in [0.1, 0.15) is 23.7 Å². The summed E-state index contributed by atoms with van der Waals surface area (Å²) in [6.07, 6.45) is 4.30. The molecule has 0 bridgehead atoms. The lowest BCUT2D eigenvalue weighted by atomic mass is 10.1. The lowest BCUT2D eigenvalue weighted by Gasteiger charge is -2.07. The Kier molecular flexibility index (Phi) is 3.44. The zero-order chi connectivity index (χ0) is 12.3. The Labute approximate surface area is 100 Å². The molecule has 2 rings (SSSR count). The van der Waals surface area contributed by atoms with Gasteiger partial charge < -0.3 is 5.11 Å². The topological polar surface area (TPSA) is 58.9 Å². The molecular formula is C13H15N3O. The van der Waals surface area contributed by atoms with Gasteiger partial charge in [-0.2, -0.15) is 0 Å². The maximum Gasteiger partial charge on any atom is 0.178 e. The molecule has 4 nitrogen and oxygen atoms in total.